The lowest BCUT2D eigenvalue weighted by Crippen LogP contribution is -2.26. The fourth-order valence-electron chi connectivity index (χ4n) is 1.25. The van der Waals surface area contributed by atoms with Gasteiger partial charge in [-0.25, -0.2) is 0 Å². The highest BCUT2D eigenvalue weighted by Gasteiger charge is 2.18. The van der Waals surface area contributed by atoms with E-state index < -0.39 is 8.32 Å². The van der Waals surface area contributed by atoms with Crippen molar-refractivity contribution in [1.82, 2.24) is 0 Å². The predicted octanol–water partition coefficient (Wildman–Crippen LogP) is 4.32. The molecule has 0 fully saturated rings. The van der Waals surface area contributed by atoms with Crippen molar-refractivity contribution in [2.45, 2.75) is 46.3 Å². The third-order valence-electron chi connectivity index (χ3n) is 1.94. The van der Waals surface area contributed by atoms with Gasteiger partial charge in [0.15, 0.2) is 0 Å². The maximum absolute atomic E-state index is 5.88. The van der Waals surface area contributed by atoms with Gasteiger partial charge in [0, 0.05) is 0 Å². The Labute approximate surface area is 101 Å². The van der Waals surface area contributed by atoms with Crippen LogP contribution in [0.3, 0.4) is 0 Å². The van der Waals surface area contributed by atoms with Gasteiger partial charge in [-0.05, 0) is 51.4 Å². The zero-order chi connectivity index (χ0) is 12.6. The minimum atomic E-state index is -1.57. The largest absolute Gasteiger partial charge is 0.520 e. The molecule has 3 heteroatoms. The van der Waals surface area contributed by atoms with Crippen molar-refractivity contribution in [3.63, 3.8) is 0 Å². The molecule has 0 saturated carbocycles. The number of hydrogen-bond donors (Lipinski definition) is 0. The lowest BCUT2D eigenvalue weighted by atomic mass is 10.1. The average molecular weight is 242 g/mol. The second-order valence-electron chi connectivity index (χ2n) is 4.98. The second kappa shape index (κ2) is 7.55. The van der Waals surface area contributed by atoms with E-state index >= 15 is 0 Å². The molecule has 1 atom stereocenters. The van der Waals surface area contributed by atoms with Gasteiger partial charge in [0.2, 0.25) is 8.32 Å². The van der Waals surface area contributed by atoms with E-state index in [2.05, 4.69) is 39.2 Å². The number of ether oxygens (including phenoxy) is 1. The van der Waals surface area contributed by atoms with Crippen LogP contribution in [0.5, 0.6) is 0 Å². The third-order valence-corrected chi connectivity index (χ3v) is 2.75. The van der Waals surface area contributed by atoms with Crippen molar-refractivity contribution < 1.29 is 9.16 Å². The van der Waals surface area contributed by atoms with Crippen LogP contribution in [0.25, 0.3) is 0 Å². The summed E-state index contributed by atoms with van der Waals surface area (Å²) in [5.74, 6) is 1.18. The fraction of sp³-hybridized carbons (Fsp3) is 0.692. The summed E-state index contributed by atoms with van der Waals surface area (Å²) in [5.41, 5.74) is 0. The normalized spacial score (nSPS) is 14.4. The SMILES string of the molecule is C=CCCC(C)/C=C(/OCC)O[Si](C)(C)C. The Hall–Kier alpha value is -0.703. The van der Waals surface area contributed by atoms with Crippen LogP contribution in [-0.4, -0.2) is 14.9 Å². The van der Waals surface area contributed by atoms with Gasteiger partial charge in [0.1, 0.15) is 0 Å². The molecule has 0 aliphatic carbocycles. The molecule has 1 unspecified atom stereocenters. The smallest absolute Gasteiger partial charge is 0.261 e. The molecule has 0 saturated heterocycles. The van der Waals surface area contributed by atoms with E-state index in [1.807, 2.05) is 13.0 Å². The zero-order valence-corrected chi connectivity index (χ0v) is 12.4. The number of allylic oxidation sites excluding steroid dienone is 2. The highest BCUT2D eigenvalue weighted by atomic mass is 28.4. The van der Waals surface area contributed by atoms with Crippen molar-refractivity contribution >= 4 is 8.32 Å². The molecular weight excluding hydrogens is 216 g/mol. The topological polar surface area (TPSA) is 18.5 Å². The Balaban J connectivity index is 4.37. The van der Waals surface area contributed by atoms with Crippen molar-refractivity contribution in [2.24, 2.45) is 5.92 Å². The van der Waals surface area contributed by atoms with Crippen LogP contribution in [-0.2, 0) is 9.16 Å². The molecule has 0 aliphatic rings. The second-order valence-corrected chi connectivity index (χ2v) is 9.41. The third kappa shape index (κ3) is 8.59. The maximum Gasteiger partial charge on any atom is 0.261 e. The first-order valence-corrected chi connectivity index (χ1v) is 9.44. The number of rotatable bonds is 8. The lowest BCUT2D eigenvalue weighted by Gasteiger charge is -2.22. The van der Waals surface area contributed by atoms with E-state index in [0.717, 1.165) is 12.8 Å². The molecule has 94 valence electrons. The standard InChI is InChI=1S/C13H26O2Si/c1-7-9-10-12(3)11-13(14-8-2)15-16(4,5)6/h7,11-12H,1,8-10H2,2-6H3/b13-11-. The van der Waals surface area contributed by atoms with Crippen molar-refractivity contribution in [3.8, 4) is 0 Å². The van der Waals surface area contributed by atoms with Crippen LogP contribution in [0, 0.1) is 5.92 Å². The maximum atomic E-state index is 5.88. The van der Waals surface area contributed by atoms with Crippen LogP contribution >= 0.6 is 0 Å². The quantitative estimate of drug-likeness (QED) is 0.358. The van der Waals surface area contributed by atoms with Crippen molar-refractivity contribution in [3.05, 3.63) is 24.7 Å². The zero-order valence-electron chi connectivity index (χ0n) is 11.4. The van der Waals surface area contributed by atoms with Gasteiger partial charge in [-0.15, -0.1) is 6.58 Å². The Morgan fingerprint density at radius 1 is 1.38 bits per heavy atom. The Morgan fingerprint density at radius 3 is 2.44 bits per heavy atom. The van der Waals surface area contributed by atoms with Crippen molar-refractivity contribution in [1.29, 1.82) is 0 Å². The molecule has 16 heavy (non-hydrogen) atoms. The van der Waals surface area contributed by atoms with Crippen LogP contribution < -0.4 is 0 Å². The van der Waals surface area contributed by atoms with E-state index in [1.165, 1.54) is 0 Å². The summed E-state index contributed by atoms with van der Waals surface area (Å²) in [5, 5.41) is 0. The summed E-state index contributed by atoms with van der Waals surface area (Å²) < 4.78 is 11.4. The molecule has 0 radical (unpaired) electrons. The van der Waals surface area contributed by atoms with Crippen LogP contribution in [0.2, 0.25) is 19.6 Å². The van der Waals surface area contributed by atoms with Crippen LogP contribution in [0.15, 0.2) is 24.7 Å². The molecule has 0 bridgehead atoms. The molecule has 0 aromatic carbocycles. The summed E-state index contributed by atoms with van der Waals surface area (Å²) in [6.45, 7) is 15.0. The fourth-order valence-corrected chi connectivity index (χ4v) is 1.98. The molecule has 0 aliphatic heterocycles. The summed E-state index contributed by atoms with van der Waals surface area (Å²) in [6.07, 6.45) is 6.16. The summed E-state index contributed by atoms with van der Waals surface area (Å²) >= 11 is 0. The molecule has 0 rings (SSSR count). The number of hydrogen-bond acceptors (Lipinski definition) is 2. The summed E-state index contributed by atoms with van der Waals surface area (Å²) in [4.78, 5) is 0. The Bertz CT molecular complexity index is 229. The van der Waals surface area contributed by atoms with E-state index in [4.69, 9.17) is 9.16 Å². The molecule has 0 heterocycles. The van der Waals surface area contributed by atoms with Gasteiger partial charge in [0.05, 0.1) is 6.61 Å². The minimum Gasteiger partial charge on any atom is -0.520 e. The molecule has 0 aromatic heterocycles. The highest BCUT2D eigenvalue weighted by molar-refractivity contribution is 6.69. The predicted molar refractivity (Wildman–Crippen MR) is 72.7 cm³/mol. The van der Waals surface area contributed by atoms with E-state index in [1.54, 1.807) is 0 Å². The van der Waals surface area contributed by atoms with E-state index in [-0.39, 0.29) is 0 Å². The highest BCUT2D eigenvalue weighted by Crippen LogP contribution is 2.16. The van der Waals surface area contributed by atoms with Gasteiger partial charge >= 0.3 is 0 Å². The van der Waals surface area contributed by atoms with E-state index in [0.29, 0.717) is 18.5 Å². The van der Waals surface area contributed by atoms with Gasteiger partial charge < -0.3 is 9.16 Å². The molecule has 2 nitrogen and oxygen atoms in total. The van der Waals surface area contributed by atoms with Crippen LogP contribution in [0.4, 0.5) is 0 Å². The van der Waals surface area contributed by atoms with Crippen molar-refractivity contribution in [2.75, 3.05) is 6.61 Å². The summed E-state index contributed by atoms with van der Waals surface area (Å²) in [7, 11) is -1.57. The first-order valence-electron chi connectivity index (χ1n) is 6.03. The van der Waals surface area contributed by atoms with Gasteiger partial charge in [-0.1, -0.05) is 13.0 Å². The molecule has 0 amide bonds. The van der Waals surface area contributed by atoms with E-state index in [9.17, 15) is 0 Å². The van der Waals surface area contributed by atoms with Crippen LogP contribution in [0.1, 0.15) is 26.7 Å². The first kappa shape index (κ1) is 15.3. The first-order chi connectivity index (χ1) is 7.39. The molecule has 0 spiro atoms. The Kier molecular flexibility index (Phi) is 7.22. The molecule has 0 N–H and O–H groups in total. The molecule has 0 aromatic rings. The lowest BCUT2D eigenvalue weighted by molar-refractivity contribution is 0.109. The monoisotopic (exact) mass is 242 g/mol. The van der Waals surface area contributed by atoms with Gasteiger partial charge in [-0.3, -0.25) is 0 Å². The average Bonchev–Trinajstić information content (AvgIpc) is 2.12. The molecular formula is C13H26O2Si. The Morgan fingerprint density at radius 2 is 2.00 bits per heavy atom. The van der Waals surface area contributed by atoms with Gasteiger partial charge in [-0.2, -0.15) is 0 Å². The summed E-state index contributed by atoms with van der Waals surface area (Å²) in [6, 6.07) is 0. The minimum absolute atomic E-state index is 0.468. The van der Waals surface area contributed by atoms with Gasteiger partial charge in [0.25, 0.3) is 5.95 Å².